The van der Waals surface area contributed by atoms with Crippen LogP contribution in [0.1, 0.15) is 6.42 Å². The van der Waals surface area contributed by atoms with E-state index < -0.39 is 5.97 Å². The molecule has 0 bridgehead atoms. The monoisotopic (exact) mass is 206 g/mol. The standard InChI is InChI=1S/C12H14O3/c1-5-7-10(11(13)6-2)8-9(3)12(14)15-4/h5-7H,1-3,8H2,4H3. The third-order valence-corrected chi connectivity index (χ3v) is 1.70. The first kappa shape index (κ1) is 13.1. The van der Waals surface area contributed by atoms with Crippen molar-refractivity contribution < 1.29 is 14.3 Å². The number of allylic oxidation sites excluding steroid dienone is 4. The minimum atomic E-state index is -0.526. The van der Waals surface area contributed by atoms with Crippen LogP contribution in [0.4, 0.5) is 0 Å². The molecule has 0 amide bonds. The minimum absolute atomic E-state index is 0.142. The van der Waals surface area contributed by atoms with Crippen LogP contribution in [0.2, 0.25) is 0 Å². The smallest absolute Gasteiger partial charge is 0.333 e. The second-order valence-corrected chi connectivity index (χ2v) is 2.77. The maximum atomic E-state index is 11.3. The van der Waals surface area contributed by atoms with Gasteiger partial charge in [-0.15, -0.1) is 0 Å². The lowest BCUT2D eigenvalue weighted by Crippen LogP contribution is -2.07. The Morgan fingerprint density at radius 2 is 1.93 bits per heavy atom. The Hall–Kier alpha value is -1.90. The molecule has 0 N–H and O–H groups in total. The molecular formula is C12H14O3. The molecule has 0 aliphatic rings. The second kappa shape index (κ2) is 6.54. The van der Waals surface area contributed by atoms with Crippen LogP contribution >= 0.6 is 0 Å². The number of ketones is 1. The summed E-state index contributed by atoms with van der Waals surface area (Å²) in [5, 5.41) is 0. The molecule has 0 atom stereocenters. The van der Waals surface area contributed by atoms with Gasteiger partial charge in [-0.2, -0.15) is 0 Å². The molecule has 0 saturated heterocycles. The van der Waals surface area contributed by atoms with Crippen molar-refractivity contribution in [3.8, 4) is 0 Å². The maximum absolute atomic E-state index is 11.3. The van der Waals surface area contributed by atoms with Gasteiger partial charge in [0.1, 0.15) is 0 Å². The Balaban J connectivity index is 4.71. The molecule has 80 valence electrons. The highest BCUT2D eigenvalue weighted by atomic mass is 16.5. The summed E-state index contributed by atoms with van der Waals surface area (Å²) in [6.45, 7) is 10.4. The molecule has 0 heterocycles. The average Bonchev–Trinajstić information content (AvgIpc) is 2.26. The van der Waals surface area contributed by atoms with Crippen LogP contribution in [0.5, 0.6) is 0 Å². The fourth-order valence-electron chi connectivity index (χ4n) is 0.948. The maximum Gasteiger partial charge on any atom is 0.333 e. The fourth-order valence-corrected chi connectivity index (χ4v) is 0.948. The van der Waals surface area contributed by atoms with E-state index in [0.29, 0.717) is 5.57 Å². The van der Waals surface area contributed by atoms with Crippen molar-refractivity contribution >= 4 is 11.8 Å². The van der Waals surface area contributed by atoms with Gasteiger partial charge in [-0.1, -0.05) is 31.9 Å². The Bertz CT molecular complexity index is 335. The van der Waals surface area contributed by atoms with Gasteiger partial charge in [0.05, 0.1) is 7.11 Å². The van der Waals surface area contributed by atoms with E-state index in [0.717, 1.165) is 0 Å². The normalized spacial score (nSPS) is 10.3. The summed E-state index contributed by atoms with van der Waals surface area (Å²) in [6, 6.07) is 0. The van der Waals surface area contributed by atoms with Gasteiger partial charge in [0, 0.05) is 17.6 Å². The number of hydrogen-bond donors (Lipinski definition) is 0. The number of carbonyl (C=O) groups is 2. The Kier molecular flexibility index (Phi) is 5.71. The van der Waals surface area contributed by atoms with E-state index in [2.05, 4.69) is 24.5 Å². The predicted octanol–water partition coefficient (Wildman–Crippen LogP) is 1.97. The summed E-state index contributed by atoms with van der Waals surface area (Å²) < 4.78 is 4.48. The highest BCUT2D eigenvalue weighted by molar-refractivity contribution is 6.05. The van der Waals surface area contributed by atoms with Crippen LogP contribution in [0.25, 0.3) is 0 Å². The number of rotatable bonds is 6. The molecule has 0 radical (unpaired) electrons. The number of esters is 1. The Morgan fingerprint density at radius 3 is 2.33 bits per heavy atom. The van der Waals surface area contributed by atoms with Gasteiger partial charge in [-0.25, -0.2) is 4.79 Å². The minimum Gasteiger partial charge on any atom is -0.466 e. The third kappa shape index (κ3) is 4.22. The first-order valence-electron chi connectivity index (χ1n) is 4.31. The van der Waals surface area contributed by atoms with E-state index in [1.807, 2.05) is 0 Å². The molecule has 0 aromatic rings. The summed E-state index contributed by atoms with van der Waals surface area (Å²) >= 11 is 0. The summed E-state index contributed by atoms with van der Waals surface area (Å²) in [4.78, 5) is 22.4. The van der Waals surface area contributed by atoms with Gasteiger partial charge in [0.15, 0.2) is 5.78 Å². The molecule has 3 nitrogen and oxygen atoms in total. The van der Waals surface area contributed by atoms with E-state index in [1.54, 1.807) is 0 Å². The van der Waals surface area contributed by atoms with Gasteiger partial charge >= 0.3 is 5.97 Å². The highest BCUT2D eigenvalue weighted by Crippen LogP contribution is 2.12. The third-order valence-electron chi connectivity index (χ3n) is 1.70. The molecule has 0 aromatic heterocycles. The van der Waals surface area contributed by atoms with Crippen molar-refractivity contribution in [2.45, 2.75) is 6.42 Å². The van der Waals surface area contributed by atoms with E-state index >= 15 is 0 Å². The van der Waals surface area contributed by atoms with Crippen LogP contribution < -0.4 is 0 Å². The van der Waals surface area contributed by atoms with Gasteiger partial charge in [-0.05, 0) is 6.08 Å². The van der Waals surface area contributed by atoms with E-state index in [-0.39, 0.29) is 17.8 Å². The highest BCUT2D eigenvalue weighted by Gasteiger charge is 2.12. The van der Waals surface area contributed by atoms with Crippen molar-refractivity contribution in [2.75, 3.05) is 7.11 Å². The largest absolute Gasteiger partial charge is 0.466 e. The fraction of sp³-hybridized carbons (Fsp3) is 0.167. The average molecular weight is 206 g/mol. The van der Waals surface area contributed by atoms with Crippen LogP contribution in [-0.4, -0.2) is 18.9 Å². The predicted molar refractivity (Wildman–Crippen MR) is 59.3 cm³/mol. The molecule has 3 heteroatoms. The molecular weight excluding hydrogens is 192 g/mol. The first-order valence-corrected chi connectivity index (χ1v) is 4.31. The topological polar surface area (TPSA) is 43.4 Å². The summed E-state index contributed by atoms with van der Waals surface area (Å²) in [5.41, 5.74) is 0.635. The van der Waals surface area contributed by atoms with Gasteiger partial charge < -0.3 is 4.74 Å². The zero-order valence-corrected chi connectivity index (χ0v) is 8.79. The van der Waals surface area contributed by atoms with E-state index in [4.69, 9.17) is 0 Å². The van der Waals surface area contributed by atoms with E-state index in [9.17, 15) is 9.59 Å². The van der Waals surface area contributed by atoms with E-state index in [1.165, 1.54) is 25.3 Å². The molecule has 0 aliphatic carbocycles. The van der Waals surface area contributed by atoms with Crippen LogP contribution in [-0.2, 0) is 14.3 Å². The van der Waals surface area contributed by atoms with Crippen molar-refractivity contribution in [3.05, 3.63) is 49.1 Å². The molecule has 0 unspecified atom stereocenters. The number of ether oxygens (including phenoxy) is 1. The molecule has 0 aromatic carbocycles. The number of carbonyl (C=O) groups excluding carboxylic acids is 2. The zero-order chi connectivity index (χ0) is 11.8. The quantitative estimate of drug-likeness (QED) is 0.379. The van der Waals surface area contributed by atoms with Gasteiger partial charge in [0.2, 0.25) is 0 Å². The van der Waals surface area contributed by atoms with Crippen molar-refractivity contribution in [2.24, 2.45) is 0 Å². The van der Waals surface area contributed by atoms with Crippen LogP contribution in [0.3, 0.4) is 0 Å². The lowest BCUT2D eigenvalue weighted by Gasteiger charge is -2.04. The number of methoxy groups -OCH3 is 1. The summed E-state index contributed by atoms with van der Waals surface area (Å²) in [6.07, 6.45) is 4.32. The van der Waals surface area contributed by atoms with Crippen molar-refractivity contribution in [3.63, 3.8) is 0 Å². The summed E-state index contributed by atoms with van der Waals surface area (Å²) in [5.74, 6) is -0.776. The molecule has 0 fully saturated rings. The molecule has 0 saturated carbocycles. The van der Waals surface area contributed by atoms with Crippen molar-refractivity contribution in [1.82, 2.24) is 0 Å². The lowest BCUT2D eigenvalue weighted by molar-refractivity contribution is -0.136. The van der Waals surface area contributed by atoms with Crippen molar-refractivity contribution in [1.29, 1.82) is 0 Å². The SMILES string of the molecule is C=CC=C(CC(=C)C(=O)OC)C(=O)C=C. The van der Waals surface area contributed by atoms with Crippen LogP contribution in [0.15, 0.2) is 49.1 Å². The van der Waals surface area contributed by atoms with Gasteiger partial charge in [-0.3, -0.25) is 4.79 Å². The Labute approximate surface area is 89.4 Å². The second-order valence-electron chi connectivity index (χ2n) is 2.77. The van der Waals surface area contributed by atoms with Gasteiger partial charge in [0.25, 0.3) is 0 Å². The molecule has 15 heavy (non-hydrogen) atoms. The molecule has 0 aliphatic heterocycles. The molecule has 0 spiro atoms. The number of hydrogen-bond acceptors (Lipinski definition) is 3. The molecule has 0 rings (SSSR count). The zero-order valence-electron chi connectivity index (χ0n) is 8.79. The summed E-state index contributed by atoms with van der Waals surface area (Å²) in [7, 11) is 1.26. The lowest BCUT2D eigenvalue weighted by atomic mass is 10.0. The Morgan fingerprint density at radius 1 is 1.33 bits per heavy atom. The van der Waals surface area contributed by atoms with Crippen LogP contribution in [0, 0.1) is 0 Å². The first-order chi connectivity index (χ1) is 7.06.